The van der Waals surface area contributed by atoms with E-state index in [1.54, 1.807) is 0 Å². The van der Waals surface area contributed by atoms with Crippen LogP contribution in [0.4, 0.5) is 23.0 Å². The van der Waals surface area contributed by atoms with Gasteiger partial charge in [0, 0.05) is 16.8 Å². The third-order valence-corrected chi connectivity index (χ3v) is 5.64. The van der Waals surface area contributed by atoms with E-state index >= 15 is 0 Å². The molecule has 0 fully saturated rings. The number of azo groups is 2. The maximum absolute atomic E-state index is 4.37. The molecule has 4 aromatic rings. The minimum absolute atomic E-state index is 0.193. The number of aromatic amines is 2. The van der Waals surface area contributed by atoms with Crippen LogP contribution in [-0.4, -0.2) is 9.97 Å². The van der Waals surface area contributed by atoms with Crippen LogP contribution in [0.15, 0.2) is 105 Å². The highest BCUT2D eigenvalue weighted by atomic mass is 15.2. The van der Waals surface area contributed by atoms with Crippen molar-refractivity contribution < 1.29 is 0 Å². The fraction of sp³-hybridized carbons (Fsp3) is 0.200. The molecule has 2 N–H and O–H groups in total. The van der Waals surface area contributed by atoms with Gasteiger partial charge >= 0.3 is 0 Å². The Bertz CT molecular complexity index is 1060. The lowest BCUT2D eigenvalue weighted by Crippen LogP contribution is -2.26. The second-order valence-corrected chi connectivity index (χ2v) is 7.37. The van der Waals surface area contributed by atoms with Crippen molar-refractivity contribution in [2.24, 2.45) is 20.5 Å². The van der Waals surface area contributed by atoms with Crippen molar-refractivity contribution in [3.63, 3.8) is 0 Å². The van der Waals surface area contributed by atoms with Crippen molar-refractivity contribution in [2.75, 3.05) is 0 Å². The first-order valence-electron chi connectivity index (χ1n) is 10.6. The van der Waals surface area contributed by atoms with E-state index in [9.17, 15) is 0 Å². The van der Waals surface area contributed by atoms with Gasteiger partial charge < -0.3 is 9.97 Å². The van der Waals surface area contributed by atoms with Gasteiger partial charge in [-0.3, -0.25) is 0 Å². The van der Waals surface area contributed by atoms with Crippen molar-refractivity contribution >= 4 is 23.0 Å². The summed E-state index contributed by atoms with van der Waals surface area (Å²) < 4.78 is 0. The highest BCUT2D eigenvalue weighted by molar-refractivity contribution is 5.44. The van der Waals surface area contributed by atoms with E-state index in [1.807, 2.05) is 72.8 Å². The number of hydrogen-bond acceptors (Lipinski definition) is 4. The van der Waals surface area contributed by atoms with Crippen molar-refractivity contribution in [2.45, 2.75) is 32.1 Å². The number of benzene rings is 2. The molecule has 0 aliphatic heterocycles. The fourth-order valence-corrected chi connectivity index (χ4v) is 3.81. The predicted octanol–water partition coefficient (Wildman–Crippen LogP) is 8.28. The maximum atomic E-state index is 4.37. The van der Waals surface area contributed by atoms with Crippen LogP contribution in [0.25, 0.3) is 0 Å². The van der Waals surface area contributed by atoms with Gasteiger partial charge in [0.2, 0.25) is 0 Å². The molecular formula is C25H26N6. The molecular weight excluding hydrogens is 384 g/mol. The highest BCUT2D eigenvalue weighted by Crippen LogP contribution is 2.39. The normalized spacial score (nSPS) is 12.2. The zero-order valence-corrected chi connectivity index (χ0v) is 17.8. The summed E-state index contributed by atoms with van der Waals surface area (Å²) >= 11 is 0. The van der Waals surface area contributed by atoms with Gasteiger partial charge in [0.1, 0.15) is 0 Å². The van der Waals surface area contributed by atoms with E-state index in [4.69, 9.17) is 0 Å². The van der Waals surface area contributed by atoms with Crippen LogP contribution in [0.2, 0.25) is 0 Å². The molecule has 0 saturated carbocycles. The van der Waals surface area contributed by atoms with Crippen LogP contribution < -0.4 is 0 Å². The van der Waals surface area contributed by atoms with E-state index in [2.05, 4.69) is 56.4 Å². The minimum atomic E-state index is -0.193. The first-order chi connectivity index (χ1) is 15.2. The Labute approximate surface area is 182 Å². The minimum Gasteiger partial charge on any atom is -0.341 e. The number of hydrogen-bond donors (Lipinski definition) is 2. The van der Waals surface area contributed by atoms with E-state index < -0.39 is 0 Å². The Balaban J connectivity index is 1.58. The Kier molecular flexibility index (Phi) is 6.17. The molecule has 31 heavy (non-hydrogen) atoms. The van der Waals surface area contributed by atoms with E-state index in [-0.39, 0.29) is 5.41 Å². The summed E-state index contributed by atoms with van der Waals surface area (Å²) in [5.74, 6) is 1.47. The molecule has 0 aliphatic rings. The zero-order valence-electron chi connectivity index (χ0n) is 17.8. The fourth-order valence-electron chi connectivity index (χ4n) is 3.81. The monoisotopic (exact) mass is 410 g/mol. The van der Waals surface area contributed by atoms with Gasteiger partial charge in [0.15, 0.2) is 11.6 Å². The average Bonchev–Trinajstić information content (AvgIpc) is 3.50. The Morgan fingerprint density at radius 1 is 0.548 bits per heavy atom. The molecule has 0 unspecified atom stereocenters. The van der Waals surface area contributed by atoms with Crippen LogP contribution in [0.5, 0.6) is 0 Å². The lowest BCUT2D eigenvalue weighted by Gasteiger charge is -2.30. The first-order valence-corrected chi connectivity index (χ1v) is 10.6. The molecule has 156 valence electrons. The van der Waals surface area contributed by atoms with Crippen molar-refractivity contribution in [3.8, 4) is 0 Å². The van der Waals surface area contributed by atoms with Gasteiger partial charge in [-0.25, -0.2) is 0 Å². The summed E-state index contributed by atoms with van der Waals surface area (Å²) in [5.41, 5.74) is 3.67. The van der Waals surface area contributed by atoms with Gasteiger partial charge in [0.05, 0.1) is 11.4 Å². The molecule has 0 amide bonds. The number of H-pyrrole nitrogens is 2. The lowest BCUT2D eigenvalue weighted by molar-refractivity contribution is 0.456. The van der Waals surface area contributed by atoms with Crippen LogP contribution in [0, 0.1) is 0 Å². The number of rotatable bonds is 8. The van der Waals surface area contributed by atoms with Crippen molar-refractivity contribution in [1.29, 1.82) is 0 Å². The van der Waals surface area contributed by atoms with Gasteiger partial charge in [-0.05, 0) is 61.4 Å². The molecule has 4 rings (SSSR count). The molecule has 6 heteroatoms. The summed E-state index contributed by atoms with van der Waals surface area (Å²) in [4.78, 5) is 6.91. The van der Waals surface area contributed by atoms with Gasteiger partial charge in [0.25, 0.3) is 0 Å². The molecule has 2 heterocycles. The maximum Gasteiger partial charge on any atom is 0.152 e. The van der Waals surface area contributed by atoms with E-state index in [0.717, 1.165) is 47.2 Å². The summed E-state index contributed by atoms with van der Waals surface area (Å²) in [6.07, 6.45) is 1.85. The highest BCUT2D eigenvalue weighted by Gasteiger charge is 2.33. The molecule has 6 nitrogen and oxygen atoms in total. The zero-order chi connectivity index (χ0) is 21.5. The Hall–Kier alpha value is -3.80. The summed E-state index contributed by atoms with van der Waals surface area (Å²) in [6.45, 7) is 4.39. The van der Waals surface area contributed by atoms with Crippen molar-refractivity contribution in [3.05, 3.63) is 96.3 Å². The molecule has 0 atom stereocenters. The topological polar surface area (TPSA) is 81.0 Å². The number of nitrogens with one attached hydrogen (secondary N) is 2. The molecule has 2 aromatic heterocycles. The number of aromatic nitrogens is 2. The summed E-state index contributed by atoms with van der Waals surface area (Å²) in [6, 6.07) is 27.6. The number of nitrogens with zero attached hydrogens (tertiary/aromatic N) is 4. The SMILES string of the molecule is CCC(CC)(c1ccc(N=Nc2ccccc2)[nH]1)c1ccc(N=Nc2ccccc2)[nH]1. The predicted molar refractivity (Wildman–Crippen MR) is 124 cm³/mol. The largest absolute Gasteiger partial charge is 0.341 e. The average molecular weight is 411 g/mol. The second-order valence-electron chi connectivity index (χ2n) is 7.37. The van der Waals surface area contributed by atoms with Crippen LogP contribution >= 0.6 is 0 Å². The quantitative estimate of drug-likeness (QED) is 0.274. The molecule has 0 bridgehead atoms. The molecule has 0 radical (unpaired) electrons. The lowest BCUT2D eigenvalue weighted by atomic mass is 9.76. The standard InChI is InChI=1S/C25H26N6/c1-3-25(4-2,21-15-17-23(26-21)30-28-19-11-7-5-8-12-19)22-16-18-24(27-22)31-29-20-13-9-6-10-14-20/h5-18,26-27H,3-4H2,1-2H3. The van der Waals surface area contributed by atoms with Crippen molar-refractivity contribution in [1.82, 2.24) is 9.97 Å². The summed E-state index contributed by atoms with van der Waals surface area (Å²) in [5, 5.41) is 17.4. The molecule has 2 aromatic carbocycles. The smallest absolute Gasteiger partial charge is 0.152 e. The van der Waals surface area contributed by atoms with Gasteiger partial charge in [-0.15, -0.1) is 20.5 Å². The van der Waals surface area contributed by atoms with Crippen LogP contribution in [-0.2, 0) is 5.41 Å². The second kappa shape index (κ2) is 9.34. The Morgan fingerprint density at radius 3 is 1.35 bits per heavy atom. The van der Waals surface area contributed by atoms with Crippen LogP contribution in [0.1, 0.15) is 38.1 Å². The Morgan fingerprint density at radius 2 is 0.968 bits per heavy atom. The van der Waals surface area contributed by atoms with Gasteiger partial charge in [-0.2, -0.15) is 0 Å². The third kappa shape index (κ3) is 4.53. The van der Waals surface area contributed by atoms with Crippen LogP contribution in [0.3, 0.4) is 0 Å². The first kappa shape index (κ1) is 20.5. The van der Waals surface area contributed by atoms with E-state index in [0.29, 0.717) is 0 Å². The van der Waals surface area contributed by atoms with E-state index in [1.165, 1.54) is 0 Å². The van der Waals surface area contributed by atoms with Gasteiger partial charge in [-0.1, -0.05) is 50.2 Å². The molecule has 0 saturated heterocycles. The molecule has 0 spiro atoms. The summed E-state index contributed by atoms with van der Waals surface area (Å²) in [7, 11) is 0. The molecule has 0 aliphatic carbocycles. The third-order valence-electron chi connectivity index (χ3n) is 5.64.